The molecule has 1 aliphatic rings. The first-order valence-corrected chi connectivity index (χ1v) is 11.6. The summed E-state index contributed by atoms with van der Waals surface area (Å²) in [6.45, 7) is 1.57. The Hall–Kier alpha value is -3.16. The van der Waals surface area contributed by atoms with Crippen LogP contribution in [0.3, 0.4) is 0 Å². The summed E-state index contributed by atoms with van der Waals surface area (Å²) in [5.74, 6) is 1.05. The van der Waals surface area contributed by atoms with Crippen LogP contribution in [0.5, 0.6) is 0 Å². The molecule has 170 valence electrons. The maximum atomic E-state index is 12.8. The highest BCUT2D eigenvalue weighted by molar-refractivity contribution is 6.30. The summed E-state index contributed by atoms with van der Waals surface area (Å²) in [6.07, 6.45) is 4.17. The van der Waals surface area contributed by atoms with Crippen LogP contribution in [0.4, 0.5) is 0 Å². The number of oxazole rings is 1. The van der Waals surface area contributed by atoms with Crippen molar-refractivity contribution in [1.82, 2.24) is 19.4 Å². The first kappa shape index (κ1) is 21.7. The SMILES string of the molecule is O=C(CCc1oc(-n2cnc3ccccc32)nc1-c1ccc(Cl)cc1)N1CCC(CO)CC1. The average molecular weight is 465 g/mol. The van der Waals surface area contributed by atoms with Gasteiger partial charge in [-0.25, -0.2) is 4.98 Å². The van der Waals surface area contributed by atoms with E-state index >= 15 is 0 Å². The van der Waals surface area contributed by atoms with Crippen molar-refractivity contribution in [3.8, 4) is 17.3 Å². The molecule has 33 heavy (non-hydrogen) atoms. The fourth-order valence-electron chi connectivity index (χ4n) is 4.30. The van der Waals surface area contributed by atoms with Crippen molar-refractivity contribution in [1.29, 1.82) is 0 Å². The predicted molar refractivity (Wildman–Crippen MR) is 126 cm³/mol. The number of aromatic nitrogens is 3. The molecule has 2 aromatic heterocycles. The van der Waals surface area contributed by atoms with Crippen molar-refractivity contribution in [2.75, 3.05) is 19.7 Å². The number of halogens is 1. The van der Waals surface area contributed by atoms with E-state index in [2.05, 4.69) is 4.98 Å². The van der Waals surface area contributed by atoms with Gasteiger partial charge in [0.2, 0.25) is 5.91 Å². The van der Waals surface area contributed by atoms with Crippen molar-refractivity contribution in [2.45, 2.75) is 25.7 Å². The van der Waals surface area contributed by atoms with Crippen LogP contribution in [0, 0.1) is 5.92 Å². The number of hydrogen-bond donors (Lipinski definition) is 1. The number of nitrogens with zero attached hydrogens (tertiary/aromatic N) is 4. The van der Waals surface area contributed by atoms with Crippen LogP contribution in [0.25, 0.3) is 28.3 Å². The van der Waals surface area contributed by atoms with E-state index in [0.717, 1.165) is 29.4 Å². The summed E-state index contributed by atoms with van der Waals surface area (Å²) in [4.78, 5) is 23.9. The quantitative estimate of drug-likeness (QED) is 0.454. The minimum atomic E-state index is 0.0967. The Morgan fingerprint density at radius 3 is 2.64 bits per heavy atom. The van der Waals surface area contributed by atoms with Gasteiger partial charge in [0, 0.05) is 43.1 Å². The Morgan fingerprint density at radius 2 is 1.88 bits per heavy atom. The number of likely N-dealkylation sites (tertiary alicyclic amines) is 1. The number of rotatable bonds is 6. The molecule has 7 nitrogen and oxygen atoms in total. The Morgan fingerprint density at radius 1 is 1.12 bits per heavy atom. The highest BCUT2D eigenvalue weighted by Gasteiger charge is 2.24. The van der Waals surface area contributed by atoms with Crippen LogP contribution >= 0.6 is 11.6 Å². The van der Waals surface area contributed by atoms with Gasteiger partial charge in [-0.05, 0) is 43.0 Å². The number of carbonyl (C=O) groups is 1. The molecule has 0 aliphatic carbocycles. The summed E-state index contributed by atoms with van der Waals surface area (Å²) >= 11 is 6.08. The van der Waals surface area contributed by atoms with Gasteiger partial charge >= 0.3 is 6.01 Å². The predicted octanol–water partition coefficient (Wildman–Crippen LogP) is 4.50. The van der Waals surface area contributed by atoms with Crippen LogP contribution < -0.4 is 0 Å². The van der Waals surface area contributed by atoms with E-state index in [4.69, 9.17) is 21.0 Å². The largest absolute Gasteiger partial charge is 0.427 e. The van der Waals surface area contributed by atoms with E-state index in [-0.39, 0.29) is 12.5 Å². The zero-order valence-electron chi connectivity index (χ0n) is 18.2. The molecule has 2 aromatic carbocycles. The van der Waals surface area contributed by atoms with Crippen LogP contribution in [0.1, 0.15) is 25.0 Å². The summed E-state index contributed by atoms with van der Waals surface area (Å²) < 4.78 is 8.02. The lowest BCUT2D eigenvalue weighted by molar-refractivity contribution is -0.132. The minimum absolute atomic E-state index is 0.0967. The maximum Gasteiger partial charge on any atom is 0.308 e. The summed E-state index contributed by atoms with van der Waals surface area (Å²) in [6, 6.07) is 15.7. The second kappa shape index (κ2) is 9.37. The molecular formula is C25H25ClN4O3. The van der Waals surface area contributed by atoms with Crippen molar-refractivity contribution in [3.05, 3.63) is 65.6 Å². The number of amides is 1. The van der Waals surface area contributed by atoms with Gasteiger partial charge < -0.3 is 14.4 Å². The third-order valence-corrected chi connectivity index (χ3v) is 6.51. The van der Waals surface area contributed by atoms with E-state index in [1.807, 2.05) is 58.0 Å². The molecule has 1 aliphatic heterocycles. The lowest BCUT2D eigenvalue weighted by atomic mass is 9.97. The third-order valence-electron chi connectivity index (χ3n) is 6.25. The van der Waals surface area contributed by atoms with E-state index in [1.165, 1.54) is 0 Å². The molecule has 1 fully saturated rings. The Kier molecular flexibility index (Phi) is 6.15. The number of aliphatic hydroxyl groups is 1. The summed E-state index contributed by atoms with van der Waals surface area (Å²) in [5.41, 5.74) is 3.33. The minimum Gasteiger partial charge on any atom is -0.427 e. The number of para-hydroxylation sites is 2. The van der Waals surface area contributed by atoms with Gasteiger partial charge in [-0.15, -0.1) is 0 Å². The number of aryl methyl sites for hydroxylation is 1. The van der Waals surface area contributed by atoms with Crippen molar-refractivity contribution < 1.29 is 14.3 Å². The Balaban J connectivity index is 1.42. The number of benzene rings is 2. The zero-order chi connectivity index (χ0) is 22.8. The van der Waals surface area contributed by atoms with Crippen molar-refractivity contribution in [2.24, 2.45) is 5.92 Å². The number of aliphatic hydroxyl groups excluding tert-OH is 1. The maximum absolute atomic E-state index is 12.8. The first-order valence-electron chi connectivity index (χ1n) is 11.2. The van der Waals surface area contributed by atoms with E-state index in [9.17, 15) is 9.90 Å². The average Bonchev–Trinajstić information content (AvgIpc) is 3.47. The molecule has 1 N–H and O–H groups in total. The van der Waals surface area contributed by atoms with E-state index < -0.39 is 0 Å². The van der Waals surface area contributed by atoms with Crippen LogP contribution in [0.15, 0.2) is 59.3 Å². The van der Waals surface area contributed by atoms with E-state index in [0.29, 0.717) is 54.3 Å². The normalized spacial score (nSPS) is 14.8. The van der Waals surface area contributed by atoms with Gasteiger partial charge in [-0.1, -0.05) is 35.9 Å². The fourth-order valence-corrected chi connectivity index (χ4v) is 4.43. The third kappa shape index (κ3) is 4.51. The van der Waals surface area contributed by atoms with Crippen LogP contribution in [-0.2, 0) is 11.2 Å². The molecule has 5 rings (SSSR count). The Labute approximate surface area is 196 Å². The highest BCUT2D eigenvalue weighted by atomic mass is 35.5. The smallest absolute Gasteiger partial charge is 0.308 e. The molecule has 1 saturated heterocycles. The highest BCUT2D eigenvalue weighted by Crippen LogP contribution is 2.29. The second-order valence-corrected chi connectivity index (χ2v) is 8.82. The van der Waals surface area contributed by atoms with Crippen molar-refractivity contribution in [3.63, 3.8) is 0 Å². The molecule has 0 bridgehead atoms. The number of fused-ring (bicyclic) bond motifs is 1. The van der Waals surface area contributed by atoms with Gasteiger partial charge in [0.1, 0.15) is 17.8 Å². The molecule has 0 unspecified atom stereocenters. The van der Waals surface area contributed by atoms with Crippen LogP contribution in [0.2, 0.25) is 5.02 Å². The van der Waals surface area contributed by atoms with Crippen LogP contribution in [-0.4, -0.2) is 50.1 Å². The number of piperidine rings is 1. The zero-order valence-corrected chi connectivity index (χ0v) is 18.9. The van der Waals surface area contributed by atoms with Gasteiger partial charge in [0.25, 0.3) is 0 Å². The molecule has 8 heteroatoms. The molecule has 0 saturated carbocycles. The fraction of sp³-hybridized carbons (Fsp3) is 0.320. The van der Waals surface area contributed by atoms with Crippen molar-refractivity contribution >= 4 is 28.5 Å². The first-order chi connectivity index (χ1) is 16.1. The van der Waals surface area contributed by atoms with Gasteiger partial charge in [-0.2, -0.15) is 4.98 Å². The molecular weight excluding hydrogens is 440 g/mol. The van der Waals surface area contributed by atoms with E-state index in [1.54, 1.807) is 6.33 Å². The molecule has 0 spiro atoms. The Bertz CT molecular complexity index is 1260. The number of imidazole rings is 1. The number of hydrogen-bond acceptors (Lipinski definition) is 5. The topological polar surface area (TPSA) is 84.4 Å². The monoisotopic (exact) mass is 464 g/mol. The molecule has 4 aromatic rings. The molecule has 1 amide bonds. The van der Waals surface area contributed by atoms with Gasteiger partial charge in [-0.3, -0.25) is 9.36 Å². The molecule has 0 atom stereocenters. The molecule has 0 radical (unpaired) electrons. The van der Waals surface area contributed by atoms with Gasteiger partial charge in [0.05, 0.1) is 11.0 Å². The summed E-state index contributed by atoms with van der Waals surface area (Å²) in [7, 11) is 0. The lowest BCUT2D eigenvalue weighted by Crippen LogP contribution is -2.39. The van der Waals surface area contributed by atoms with Gasteiger partial charge in [0.15, 0.2) is 0 Å². The molecule has 3 heterocycles. The lowest BCUT2D eigenvalue weighted by Gasteiger charge is -2.31. The number of carbonyl (C=O) groups excluding carboxylic acids is 1. The summed E-state index contributed by atoms with van der Waals surface area (Å²) in [5, 5.41) is 9.98. The standard InChI is InChI=1S/C25H25ClN4O3/c26-19-7-5-18(6-8-19)24-22(9-10-23(32)29-13-11-17(15-31)12-14-29)33-25(28-24)30-16-27-20-3-1-2-4-21(20)30/h1-8,16-17,31H,9-15H2. The second-order valence-electron chi connectivity index (χ2n) is 8.39.